The highest BCUT2D eigenvalue weighted by Crippen LogP contribution is 2.25. The summed E-state index contributed by atoms with van der Waals surface area (Å²) in [6.07, 6.45) is 3.50. The Labute approximate surface area is 151 Å². The molecule has 2 aromatic rings. The van der Waals surface area contributed by atoms with Gasteiger partial charge in [0, 0.05) is 29.4 Å². The van der Waals surface area contributed by atoms with E-state index in [1.165, 1.54) is 6.42 Å². The number of thioether (sulfide) groups is 1. The van der Waals surface area contributed by atoms with Crippen LogP contribution in [0.25, 0.3) is 11.5 Å². The van der Waals surface area contributed by atoms with Crippen molar-refractivity contribution in [2.24, 2.45) is 0 Å². The normalized spacial score (nSPS) is 14.8. The van der Waals surface area contributed by atoms with Gasteiger partial charge >= 0.3 is 0 Å². The summed E-state index contributed by atoms with van der Waals surface area (Å²) in [5.74, 6) is 2.82. The predicted molar refractivity (Wildman–Crippen MR) is 98.3 cm³/mol. The van der Waals surface area contributed by atoms with Crippen LogP contribution in [-0.4, -0.2) is 34.6 Å². The summed E-state index contributed by atoms with van der Waals surface area (Å²) < 4.78 is 5.75. The highest BCUT2D eigenvalue weighted by Gasteiger charge is 2.17. The number of hydrogen-bond acceptors (Lipinski definition) is 4. The van der Waals surface area contributed by atoms with Crippen molar-refractivity contribution in [2.75, 3.05) is 18.8 Å². The lowest BCUT2D eigenvalue weighted by Gasteiger charge is -2.26. The topological polar surface area (TPSA) is 46.3 Å². The minimum absolute atomic E-state index is 0.235. The number of oxazole rings is 1. The highest BCUT2D eigenvalue weighted by molar-refractivity contribution is 7.99. The van der Waals surface area contributed by atoms with Gasteiger partial charge in [0.2, 0.25) is 11.8 Å². The smallest absolute Gasteiger partial charge is 0.232 e. The van der Waals surface area contributed by atoms with E-state index < -0.39 is 0 Å². The molecule has 1 fully saturated rings. The standard InChI is InChI=1S/C18H21ClN2O2S/c1-13-16(11-24-12-17(22)21-9-3-2-4-10-21)20-18(23-13)14-5-7-15(19)8-6-14/h5-8H,2-4,9-12H2,1H3. The van der Waals surface area contributed by atoms with Gasteiger partial charge in [0.25, 0.3) is 0 Å². The quantitative estimate of drug-likeness (QED) is 0.780. The van der Waals surface area contributed by atoms with Crippen LogP contribution in [0.3, 0.4) is 0 Å². The molecular formula is C18H21ClN2O2S. The maximum Gasteiger partial charge on any atom is 0.232 e. The fourth-order valence-corrected chi connectivity index (χ4v) is 3.79. The maximum atomic E-state index is 12.2. The van der Waals surface area contributed by atoms with Crippen molar-refractivity contribution in [2.45, 2.75) is 31.9 Å². The van der Waals surface area contributed by atoms with Crippen molar-refractivity contribution in [3.05, 3.63) is 40.7 Å². The Balaban J connectivity index is 1.55. The van der Waals surface area contributed by atoms with E-state index in [1.54, 1.807) is 11.8 Å². The Hall–Kier alpha value is -1.46. The third-order valence-electron chi connectivity index (χ3n) is 4.16. The first-order valence-electron chi connectivity index (χ1n) is 8.21. The number of amides is 1. The summed E-state index contributed by atoms with van der Waals surface area (Å²) in [4.78, 5) is 18.7. The van der Waals surface area contributed by atoms with Gasteiger partial charge in [-0.1, -0.05) is 11.6 Å². The van der Waals surface area contributed by atoms with E-state index >= 15 is 0 Å². The number of halogens is 1. The maximum absolute atomic E-state index is 12.2. The lowest BCUT2D eigenvalue weighted by Crippen LogP contribution is -2.36. The molecule has 0 aliphatic carbocycles. The number of carbonyl (C=O) groups excluding carboxylic acids is 1. The van der Waals surface area contributed by atoms with Crippen molar-refractivity contribution >= 4 is 29.3 Å². The van der Waals surface area contributed by atoms with E-state index in [4.69, 9.17) is 16.0 Å². The number of aryl methyl sites for hydroxylation is 1. The zero-order chi connectivity index (χ0) is 16.9. The molecule has 1 saturated heterocycles. The second-order valence-corrected chi connectivity index (χ2v) is 7.39. The number of carbonyl (C=O) groups is 1. The van der Waals surface area contributed by atoms with Crippen LogP contribution >= 0.6 is 23.4 Å². The Morgan fingerprint density at radius 2 is 1.96 bits per heavy atom. The monoisotopic (exact) mass is 364 g/mol. The molecule has 1 aliphatic rings. The van der Waals surface area contributed by atoms with E-state index in [0.29, 0.717) is 22.4 Å². The van der Waals surface area contributed by atoms with Gasteiger partial charge in [-0.15, -0.1) is 11.8 Å². The molecule has 1 aromatic heterocycles. The van der Waals surface area contributed by atoms with Crippen molar-refractivity contribution < 1.29 is 9.21 Å². The van der Waals surface area contributed by atoms with Gasteiger partial charge in [0.1, 0.15) is 5.76 Å². The average molecular weight is 365 g/mol. The molecule has 3 rings (SSSR count). The minimum atomic E-state index is 0.235. The first-order chi connectivity index (χ1) is 11.6. The fraction of sp³-hybridized carbons (Fsp3) is 0.444. The first kappa shape index (κ1) is 17.4. The van der Waals surface area contributed by atoms with Gasteiger partial charge < -0.3 is 9.32 Å². The third kappa shape index (κ3) is 4.33. The third-order valence-corrected chi connectivity index (χ3v) is 5.34. The van der Waals surface area contributed by atoms with E-state index in [0.717, 1.165) is 42.9 Å². The zero-order valence-electron chi connectivity index (χ0n) is 13.8. The van der Waals surface area contributed by atoms with Crippen LogP contribution in [0.5, 0.6) is 0 Å². The molecule has 6 heteroatoms. The number of piperidine rings is 1. The Morgan fingerprint density at radius 3 is 2.67 bits per heavy atom. The van der Waals surface area contributed by atoms with E-state index in [9.17, 15) is 4.79 Å². The van der Waals surface area contributed by atoms with Crippen LogP contribution in [0.1, 0.15) is 30.7 Å². The van der Waals surface area contributed by atoms with Crippen LogP contribution in [-0.2, 0) is 10.5 Å². The molecule has 0 N–H and O–H groups in total. The van der Waals surface area contributed by atoms with Gasteiger partial charge in [-0.25, -0.2) is 4.98 Å². The second-order valence-electron chi connectivity index (χ2n) is 5.96. The number of nitrogens with zero attached hydrogens (tertiary/aromatic N) is 2. The Morgan fingerprint density at radius 1 is 1.25 bits per heavy atom. The van der Waals surface area contributed by atoms with Crippen LogP contribution in [0.15, 0.2) is 28.7 Å². The van der Waals surface area contributed by atoms with E-state index in [-0.39, 0.29) is 5.91 Å². The lowest BCUT2D eigenvalue weighted by atomic mass is 10.1. The molecule has 1 aliphatic heterocycles. The molecule has 1 amide bonds. The fourth-order valence-electron chi connectivity index (χ4n) is 2.75. The summed E-state index contributed by atoms with van der Waals surface area (Å²) in [5, 5.41) is 0.689. The van der Waals surface area contributed by atoms with Gasteiger partial charge in [-0.2, -0.15) is 0 Å². The van der Waals surface area contributed by atoms with Gasteiger partial charge in [0.05, 0.1) is 11.4 Å². The molecule has 0 saturated carbocycles. The molecule has 2 heterocycles. The molecule has 0 bridgehead atoms. The summed E-state index contributed by atoms with van der Waals surface area (Å²) >= 11 is 7.51. The van der Waals surface area contributed by atoms with Crippen molar-refractivity contribution in [3.8, 4) is 11.5 Å². The van der Waals surface area contributed by atoms with Crippen molar-refractivity contribution in [3.63, 3.8) is 0 Å². The number of aromatic nitrogens is 1. The summed E-state index contributed by atoms with van der Waals surface area (Å²) in [6.45, 7) is 3.72. The molecule has 128 valence electrons. The SMILES string of the molecule is Cc1oc(-c2ccc(Cl)cc2)nc1CSCC(=O)N1CCCCC1. The van der Waals surface area contributed by atoms with Gasteiger partial charge in [-0.3, -0.25) is 4.79 Å². The lowest BCUT2D eigenvalue weighted by molar-refractivity contribution is -0.129. The zero-order valence-corrected chi connectivity index (χ0v) is 15.3. The molecule has 0 atom stereocenters. The van der Waals surface area contributed by atoms with Crippen LogP contribution < -0.4 is 0 Å². The summed E-state index contributed by atoms with van der Waals surface area (Å²) in [6, 6.07) is 7.43. The number of rotatable bonds is 5. The van der Waals surface area contributed by atoms with Crippen LogP contribution in [0.2, 0.25) is 5.02 Å². The number of benzene rings is 1. The van der Waals surface area contributed by atoms with Gasteiger partial charge in [0.15, 0.2) is 0 Å². The molecule has 0 unspecified atom stereocenters. The summed E-state index contributed by atoms with van der Waals surface area (Å²) in [7, 11) is 0. The molecule has 4 nitrogen and oxygen atoms in total. The Kier molecular flexibility index (Phi) is 5.85. The molecular weight excluding hydrogens is 344 g/mol. The van der Waals surface area contributed by atoms with Crippen molar-refractivity contribution in [1.29, 1.82) is 0 Å². The van der Waals surface area contributed by atoms with E-state index in [1.807, 2.05) is 36.1 Å². The predicted octanol–water partition coefficient (Wildman–Crippen LogP) is 4.55. The molecule has 1 aromatic carbocycles. The van der Waals surface area contributed by atoms with Crippen LogP contribution in [0, 0.1) is 6.92 Å². The largest absolute Gasteiger partial charge is 0.441 e. The first-order valence-corrected chi connectivity index (χ1v) is 9.74. The molecule has 24 heavy (non-hydrogen) atoms. The highest BCUT2D eigenvalue weighted by atomic mass is 35.5. The van der Waals surface area contributed by atoms with Crippen LogP contribution in [0.4, 0.5) is 0 Å². The minimum Gasteiger partial charge on any atom is -0.441 e. The number of likely N-dealkylation sites (tertiary alicyclic amines) is 1. The van der Waals surface area contributed by atoms with E-state index in [2.05, 4.69) is 4.98 Å². The van der Waals surface area contributed by atoms with Gasteiger partial charge in [-0.05, 0) is 50.5 Å². The summed E-state index contributed by atoms with van der Waals surface area (Å²) in [5.41, 5.74) is 1.81. The molecule has 0 spiro atoms. The number of hydrogen-bond donors (Lipinski definition) is 0. The van der Waals surface area contributed by atoms with Crippen molar-refractivity contribution in [1.82, 2.24) is 9.88 Å². The second kappa shape index (κ2) is 8.08. The average Bonchev–Trinajstić information content (AvgIpc) is 2.97. The molecule has 0 radical (unpaired) electrons. The Bertz CT molecular complexity index is 694.